The maximum atomic E-state index is 5.59. The highest BCUT2D eigenvalue weighted by molar-refractivity contribution is 8.14. The van der Waals surface area contributed by atoms with Crippen molar-refractivity contribution in [3.8, 4) is 0 Å². The summed E-state index contributed by atoms with van der Waals surface area (Å²) in [4.78, 5) is 13.8. The summed E-state index contributed by atoms with van der Waals surface area (Å²) in [6.07, 6.45) is 6.16. The molecule has 11 heteroatoms. The Morgan fingerprint density at radius 3 is 2.35 bits per heavy atom. The number of nitrogens with one attached hydrogen (secondary N) is 1. The SMILES string of the molecule is NC1=NC(CSc2ccncc2)CS1.NC1=NC(Cc2cn[nH]n2)CS1. The van der Waals surface area contributed by atoms with Crippen LogP contribution in [0.4, 0.5) is 0 Å². The van der Waals surface area contributed by atoms with Crippen LogP contribution in [0.1, 0.15) is 5.69 Å². The van der Waals surface area contributed by atoms with Crippen molar-refractivity contribution in [2.24, 2.45) is 21.5 Å². The molecule has 8 nitrogen and oxygen atoms in total. The van der Waals surface area contributed by atoms with E-state index in [1.807, 2.05) is 24.5 Å². The molecule has 2 aromatic rings. The molecule has 0 saturated heterocycles. The van der Waals surface area contributed by atoms with E-state index < -0.39 is 0 Å². The fraction of sp³-hybridized carbons (Fsp3) is 0.400. The normalized spacial score (nSPS) is 21.7. The molecule has 0 fully saturated rings. The summed E-state index contributed by atoms with van der Waals surface area (Å²) in [7, 11) is 0. The van der Waals surface area contributed by atoms with Crippen molar-refractivity contribution in [1.82, 2.24) is 20.4 Å². The van der Waals surface area contributed by atoms with Gasteiger partial charge in [-0.1, -0.05) is 23.5 Å². The van der Waals surface area contributed by atoms with E-state index in [4.69, 9.17) is 11.5 Å². The predicted molar refractivity (Wildman–Crippen MR) is 111 cm³/mol. The molecular weight excluding hydrogens is 388 g/mol. The Kier molecular flexibility index (Phi) is 7.21. The van der Waals surface area contributed by atoms with Crippen LogP contribution in [0.25, 0.3) is 0 Å². The molecule has 0 saturated carbocycles. The average molecular weight is 409 g/mol. The minimum absolute atomic E-state index is 0.278. The minimum Gasteiger partial charge on any atom is -0.379 e. The topological polar surface area (TPSA) is 131 Å². The molecule has 2 aliphatic rings. The smallest absolute Gasteiger partial charge is 0.154 e. The third-order valence-electron chi connectivity index (χ3n) is 3.47. The van der Waals surface area contributed by atoms with Crippen molar-refractivity contribution in [1.29, 1.82) is 0 Å². The molecule has 2 atom stereocenters. The summed E-state index contributed by atoms with van der Waals surface area (Å²) in [5, 5.41) is 11.6. The maximum absolute atomic E-state index is 5.59. The third kappa shape index (κ3) is 6.22. The summed E-state index contributed by atoms with van der Waals surface area (Å²) in [5.74, 6) is 2.97. The van der Waals surface area contributed by atoms with Crippen LogP contribution in [-0.4, -0.2) is 60.1 Å². The van der Waals surface area contributed by atoms with E-state index in [2.05, 4.69) is 30.4 Å². The molecule has 0 radical (unpaired) electrons. The first-order valence-electron chi connectivity index (χ1n) is 7.98. The summed E-state index contributed by atoms with van der Waals surface area (Å²) in [6, 6.07) is 4.68. The Morgan fingerprint density at radius 1 is 1.08 bits per heavy atom. The molecule has 0 spiro atoms. The Hall–Kier alpha value is -1.72. The second kappa shape index (κ2) is 9.83. The summed E-state index contributed by atoms with van der Waals surface area (Å²) in [6.45, 7) is 0. The van der Waals surface area contributed by atoms with Crippen LogP contribution in [0.5, 0.6) is 0 Å². The molecule has 4 heterocycles. The van der Waals surface area contributed by atoms with Gasteiger partial charge in [-0.3, -0.25) is 15.0 Å². The van der Waals surface area contributed by atoms with Crippen LogP contribution in [0.2, 0.25) is 0 Å². The molecule has 0 aromatic carbocycles. The molecule has 4 rings (SSSR count). The zero-order chi connectivity index (χ0) is 18.2. The van der Waals surface area contributed by atoms with Crippen LogP contribution < -0.4 is 11.5 Å². The van der Waals surface area contributed by atoms with Gasteiger partial charge >= 0.3 is 0 Å². The van der Waals surface area contributed by atoms with Gasteiger partial charge in [-0.05, 0) is 12.1 Å². The first-order valence-corrected chi connectivity index (χ1v) is 10.9. The lowest BCUT2D eigenvalue weighted by atomic mass is 10.2. The quantitative estimate of drug-likeness (QED) is 0.632. The van der Waals surface area contributed by atoms with Gasteiger partial charge in [0.25, 0.3) is 0 Å². The van der Waals surface area contributed by atoms with E-state index in [9.17, 15) is 0 Å². The monoisotopic (exact) mass is 408 g/mol. The van der Waals surface area contributed by atoms with Gasteiger partial charge in [0.05, 0.1) is 24.0 Å². The van der Waals surface area contributed by atoms with Gasteiger partial charge in [0.15, 0.2) is 10.3 Å². The van der Waals surface area contributed by atoms with Crippen LogP contribution in [0.15, 0.2) is 45.6 Å². The van der Waals surface area contributed by atoms with Gasteiger partial charge in [0, 0.05) is 41.0 Å². The van der Waals surface area contributed by atoms with Crippen molar-refractivity contribution in [2.45, 2.75) is 23.4 Å². The highest BCUT2D eigenvalue weighted by atomic mass is 32.2. The Balaban J connectivity index is 0.000000152. The first-order chi connectivity index (χ1) is 12.7. The van der Waals surface area contributed by atoms with Crippen molar-refractivity contribution in [3.05, 3.63) is 36.4 Å². The molecule has 5 N–H and O–H groups in total. The van der Waals surface area contributed by atoms with Crippen LogP contribution in [0, 0.1) is 0 Å². The first kappa shape index (κ1) is 19.1. The fourth-order valence-corrected chi connectivity index (χ4v) is 4.85. The summed E-state index contributed by atoms with van der Waals surface area (Å²) >= 11 is 5.04. The van der Waals surface area contributed by atoms with Crippen molar-refractivity contribution in [2.75, 3.05) is 17.3 Å². The standard InChI is InChI=1S/C9H11N3S2.C6H9N5S/c10-9-12-7(6-14-9)5-13-8-1-3-11-4-2-8;7-6-9-5(3-12-6)1-4-2-8-11-10-4/h1-4,7H,5-6H2,(H2,10,12);2,5H,1,3H2,(H2,7,9)(H,8,10,11). The van der Waals surface area contributed by atoms with Gasteiger partial charge in [-0.15, -0.1) is 11.8 Å². The molecule has 138 valence electrons. The molecule has 0 amide bonds. The molecule has 2 aromatic heterocycles. The fourth-order valence-electron chi connectivity index (χ4n) is 2.25. The van der Waals surface area contributed by atoms with Gasteiger partial charge in [-0.25, -0.2) is 0 Å². The Bertz CT molecular complexity index is 735. The Morgan fingerprint density at radius 2 is 1.77 bits per heavy atom. The Labute approximate surface area is 164 Å². The van der Waals surface area contributed by atoms with Crippen molar-refractivity contribution >= 4 is 45.6 Å². The van der Waals surface area contributed by atoms with Crippen LogP contribution in [-0.2, 0) is 6.42 Å². The number of aromatic nitrogens is 4. The number of thioether (sulfide) groups is 3. The third-order valence-corrected chi connectivity index (χ3v) is 6.53. The van der Waals surface area contributed by atoms with E-state index in [0.29, 0.717) is 11.2 Å². The molecular formula is C15H20N8S3. The lowest BCUT2D eigenvalue weighted by molar-refractivity contribution is 0.739. The zero-order valence-electron chi connectivity index (χ0n) is 14.0. The number of nitrogens with zero attached hydrogens (tertiary/aromatic N) is 5. The number of amidine groups is 2. The van der Waals surface area contributed by atoms with Gasteiger partial charge < -0.3 is 11.5 Å². The summed E-state index contributed by atoms with van der Waals surface area (Å²) in [5.41, 5.74) is 12.1. The second-order valence-corrected chi connectivity index (χ2v) is 8.70. The maximum Gasteiger partial charge on any atom is 0.154 e. The van der Waals surface area contributed by atoms with Crippen LogP contribution >= 0.6 is 35.3 Å². The number of rotatable bonds is 5. The number of hydrogen-bond donors (Lipinski definition) is 3. The molecule has 2 unspecified atom stereocenters. The highest BCUT2D eigenvalue weighted by Crippen LogP contribution is 2.23. The number of pyridine rings is 1. The number of hydrogen-bond acceptors (Lipinski definition) is 10. The molecule has 26 heavy (non-hydrogen) atoms. The van der Waals surface area contributed by atoms with E-state index >= 15 is 0 Å². The lowest BCUT2D eigenvalue weighted by Crippen LogP contribution is -2.08. The number of H-pyrrole nitrogens is 1. The second-order valence-electron chi connectivity index (χ2n) is 5.52. The largest absolute Gasteiger partial charge is 0.379 e. The zero-order valence-corrected chi connectivity index (χ0v) is 16.4. The number of aliphatic imine (C=N–C) groups is 2. The molecule has 0 aliphatic carbocycles. The van der Waals surface area contributed by atoms with E-state index in [-0.39, 0.29) is 6.04 Å². The van der Waals surface area contributed by atoms with Crippen LogP contribution in [0.3, 0.4) is 0 Å². The van der Waals surface area contributed by atoms with E-state index in [1.54, 1.807) is 41.5 Å². The highest BCUT2D eigenvalue weighted by Gasteiger charge is 2.17. The summed E-state index contributed by atoms with van der Waals surface area (Å²) < 4.78 is 0. The van der Waals surface area contributed by atoms with Crippen molar-refractivity contribution in [3.63, 3.8) is 0 Å². The molecule has 2 aliphatic heterocycles. The van der Waals surface area contributed by atoms with E-state index in [0.717, 1.165) is 34.5 Å². The predicted octanol–water partition coefficient (Wildman–Crippen LogP) is 1.38. The average Bonchev–Trinajstić information content (AvgIpc) is 3.39. The van der Waals surface area contributed by atoms with Gasteiger partial charge in [0.2, 0.25) is 0 Å². The minimum atomic E-state index is 0.278. The number of nitrogens with two attached hydrogens (primary N) is 2. The lowest BCUT2D eigenvalue weighted by Gasteiger charge is -2.04. The van der Waals surface area contributed by atoms with Gasteiger partial charge in [-0.2, -0.15) is 15.4 Å². The van der Waals surface area contributed by atoms with Crippen molar-refractivity contribution < 1.29 is 0 Å². The number of aromatic amines is 1. The molecule has 0 bridgehead atoms. The van der Waals surface area contributed by atoms with Gasteiger partial charge in [0.1, 0.15) is 0 Å². The van der Waals surface area contributed by atoms with E-state index in [1.165, 1.54) is 4.90 Å².